The summed E-state index contributed by atoms with van der Waals surface area (Å²) < 4.78 is 7.99. The third kappa shape index (κ3) is 6.74. The van der Waals surface area contributed by atoms with E-state index in [2.05, 4.69) is 71.7 Å². The molecule has 4 aliphatic carbocycles. The first-order valence-corrected chi connectivity index (χ1v) is 23.0. The molecule has 61 heavy (non-hydrogen) atoms. The van der Waals surface area contributed by atoms with Crippen LogP contribution in [0.1, 0.15) is 105 Å². The summed E-state index contributed by atoms with van der Waals surface area (Å²) in [6.07, 6.45) is 10.6. The summed E-state index contributed by atoms with van der Waals surface area (Å²) in [6, 6.07) is 9.88. The quantitative estimate of drug-likeness (QED) is 0.0509. The van der Waals surface area contributed by atoms with Crippen molar-refractivity contribution in [3.63, 3.8) is 0 Å². The molecule has 1 aliphatic heterocycles. The monoisotopic (exact) mass is 847 g/mol. The number of nitrogens with zero attached hydrogens (tertiary/aromatic N) is 6. The van der Waals surface area contributed by atoms with Gasteiger partial charge in [-0.15, -0.1) is 10.2 Å². The van der Waals surface area contributed by atoms with Crippen LogP contribution < -0.4 is 15.5 Å². The van der Waals surface area contributed by atoms with E-state index in [9.17, 15) is 9.90 Å². The van der Waals surface area contributed by atoms with E-state index >= 15 is 0 Å². The Labute approximate surface area is 362 Å². The molecule has 0 saturated heterocycles. The maximum Gasteiger partial charge on any atom is 0.355 e. The van der Waals surface area contributed by atoms with E-state index in [1.807, 2.05) is 24.8 Å². The Morgan fingerprint density at radius 3 is 2.66 bits per heavy atom. The standard InChI is InChI=1S/C47H61N9O4S/c1-28-11-13-37-36(20-28)50-43(61-37)52-40-29(2)33-10-9-16-56(41(33)54-53-40)38-14-12-34(39(51-38)42(58)59)35(24-48)30(3)49-25-32-22-45(5)27-46(60-19-17-55(6)15-7-8-18-57)26-44(4)21-31(32)23-47(44,45)46/h11-14,20,24,31-32,48-49,57H,7-10,15-19,21-23,25-27H2,1-6H3,(H,58,59)(H,50,52,53)/b35-30+,48-24?. The molecular weight excluding hydrogens is 787 g/mol. The molecule has 5 N–H and O–H groups in total. The number of likely N-dealkylation sites (N-methyl/N-ethyl adjacent to an activating group) is 1. The summed E-state index contributed by atoms with van der Waals surface area (Å²) in [5.41, 5.74) is 6.55. The van der Waals surface area contributed by atoms with Gasteiger partial charge in [-0.25, -0.2) is 14.8 Å². The molecule has 13 nitrogen and oxygen atoms in total. The number of aromatic nitrogens is 4. The van der Waals surface area contributed by atoms with Crippen LogP contribution in [0.5, 0.6) is 0 Å². The first-order valence-electron chi connectivity index (χ1n) is 22.2. The van der Waals surface area contributed by atoms with Crippen LogP contribution in [-0.4, -0.2) is 99.5 Å². The molecule has 1 spiro atoms. The van der Waals surface area contributed by atoms with E-state index in [-0.39, 0.29) is 28.7 Å². The topological polar surface area (TPSA) is 173 Å². The lowest BCUT2D eigenvalue weighted by molar-refractivity contribution is -0.404. The molecule has 6 unspecified atom stereocenters. The predicted octanol–water partition coefficient (Wildman–Crippen LogP) is 8.29. The number of carboxylic acid groups (broad SMARTS) is 1. The summed E-state index contributed by atoms with van der Waals surface area (Å²) in [6.45, 7) is 15.4. The number of unbranched alkanes of at least 4 members (excludes halogenated alkanes) is 1. The van der Waals surface area contributed by atoms with E-state index in [1.165, 1.54) is 19.1 Å². The Hall–Kier alpha value is -4.50. The number of hydrogen-bond acceptors (Lipinski definition) is 13. The molecule has 4 saturated carbocycles. The number of carboxylic acids is 1. The maximum absolute atomic E-state index is 12.9. The summed E-state index contributed by atoms with van der Waals surface area (Å²) >= 11 is 1.58. The molecule has 5 aliphatic rings. The Bertz CT molecular complexity index is 2420. The second-order valence-electron chi connectivity index (χ2n) is 19.4. The number of hydrogen-bond donors (Lipinski definition) is 5. The Balaban J connectivity index is 0.888. The molecule has 0 radical (unpaired) electrons. The van der Waals surface area contributed by atoms with Gasteiger partial charge in [0.1, 0.15) is 5.82 Å². The van der Waals surface area contributed by atoms with E-state index in [0.29, 0.717) is 52.4 Å². The van der Waals surface area contributed by atoms with Crippen molar-refractivity contribution in [2.24, 2.45) is 28.1 Å². The van der Waals surface area contributed by atoms with Gasteiger partial charge in [-0.3, -0.25) is 0 Å². The maximum atomic E-state index is 12.9. The van der Waals surface area contributed by atoms with Crippen molar-refractivity contribution < 1.29 is 19.7 Å². The van der Waals surface area contributed by atoms with E-state index in [1.54, 1.807) is 17.4 Å². The van der Waals surface area contributed by atoms with Crippen LogP contribution in [-0.2, 0) is 11.2 Å². The average molecular weight is 848 g/mol. The molecule has 3 aromatic heterocycles. The van der Waals surface area contributed by atoms with Crippen molar-refractivity contribution in [2.45, 2.75) is 98.0 Å². The summed E-state index contributed by atoms with van der Waals surface area (Å²) in [5.74, 6) is 1.77. The van der Waals surface area contributed by atoms with Crippen LogP contribution in [0.25, 0.3) is 15.8 Å². The van der Waals surface area contributed by atoms with Crippen molar-refractivity contribution in [1.29, 1.82) is 5.41 Å². The molecule has 9 rings (SSSR count). The molecule has 0 amide bonds. The fourth-order valence-corrected chi connectivity index (χ4v) is 14.0. The normalized spacial score (nSPS) is 28.8. The van der Waals surface area contributed by atoms with Crippen LogP contribution >= 0.6 is 11.3 Å². The molecule has 1 aromatic carbocycles. The lowest BCUT2D eigenvalue weighted by atomic mass is 9.24. The van der Waals surface area contributed by atoms with Gasteiger partial charge in [0.05, 0.1) is 22.4 Å². The van der Waals surface area contributed by atoms with E-state index in [0.717, 1.165) is 109 Å². The van der Waals surface area contributed by atoms with Gasteiger partial charge in [0.25, 0.3) is 0 Å². The van der Waals surface area contributed by atoms with Gasteiger partial charge in [0.2, 0.25) is 0 Å². The van der Waals surface area contributed by atoms with E-state index in [4.69, 9.17) is 25.2 Å². The van der Waals surface area contributed by atoms with Crippen LogP contribution in [0.2, 0.25) is 0 Å². The fourth-order valence-electron chi connectivity index (χ4n) is 13.2. The van der Waals surface area contributed by atoms with Crippen LogP contribution in [0.4, 0.5) is 22.6 Å². The minimum absolute atomic E-state index is 0.00412. The molecule has 2 bridgehead atoms. The summed E-state index contributed by atoms with van der Waals surface area (Å²) in [5, 5.41) is 45.2. The zero-order chi connectivity index (χ0) is 42.9. The number of carbonyl (C=O) groups is 1. The Morgan fingerprint density at radius 2 is 1.89 bits per heavy atom. The minimum Gasteiger partial charge on any atom is -0.476 e. The first kappa shape index (κ1) is 41.8. The number of anilines is 4. The number of thiazole rings is 1. The highest BCUT2D eigenvalue weighted by atomic mass is 32.1. The van der Waals surface area contributed by atoms with Crippen molar-refractivity contribution in [2.75, 3.05) is 56.7 Å². The third-order valence-corrected chi connectivity index (χ3v) is 16.6. The third-order valence-electron chi connectivity index (χ3n) is 15.6. The van der Waals surface area contributed by atoms with Gasteiger partial charge in [-0.1, -0.05) is 31.3 Å². The lowest BCUT2D eigenvalue weighted by Crippen LogP contribution is -2.83. The molecule has 4 fully saturated rings. The molecular formula is C47H61N9O4S. The summed E-state index contributed by atoms with van der Waals surface area (Å²) in [4.78, 5) is 26.7. The highest BCUT2D eigenvalue weighted by molar-refractivity contribution is 7.22. The number of ether oxygens (including phenoxy) is 1. The Morgan fingerprint density at radius 1 is 1.08 bits per heavy atom. The number of fused-ring (bicyclic) bond motifs is 3. The number of rotatable bonds is 17. The Kier molecular flexibility index (Phi) is 10.8. The molecule has 6 atom stereocenters. The van der Waals surface area contributed by atoms with Crippen molar-refractivity contribution in [3.8, 4) is 0 Å². The molecule has 4 heterocycles. The summed E-state index contributed by atoms with van der Waals surface area (Å²) in [7, 11) is 2.15. The number of aromatic carboxylic acids is 1. The van der Waals surface area contributed by atoms with Gasteiger partial charge in [0, 0.05) is 65.8 Å². The highest BCUT2D eigenvalue weighted by Gasteiger charge is 2.89. The SMILES string of the molecule is C/C(NCC1CC2(C)CC3(OCCN(C)CCCCO)CC4(C)CC1CC243)=C(/C=N)c1ccc(N2CCCc3c2nnc(Nc2nc4cc(C)ccc4s2)c3C)nc1C(=O)O. The predicted molar refractivity (Wildman–Crippen MR) is 242 cm³/mol. The number of aliphatic hydroxyl groups excluding tert-OH is 1. The van der Waals surface area contributed by atoms with Crippen molar-refractivity contribution in [1.82, 2.24) is 30.4 Å². The second kappa shape index (κ2) is 15.7. The molecule has 324 valence electrons. The van der Waals surface area contributed by atoms with Gasteiger partial charge in [-0.05, 0) is 145 Å². The zero-order valence-electron chi connectivity index (χ0n) is 36.5. The van der Waals surface area contributed by atoms with Crippen LogP contribution in [0, 0.1) is 47.3 Å². The van der Waals surface area contributed by atoms with Crippen LogP contribution in [0.3, 0.4) is 0 Å². The number of aryl methyl sites for hydroxylation is 1. The van der Waals surface area contributed by atoms with Gasteiger partial charge in [0.15, 0.2) is 22.5 Å². The van der Waals surface area contributed by atoms with E-state index < -0.39 is 5.97 Å². The first-order chi connectivity index (χ1) is 29.2. The average Bonchev–Trinajstić information content (AvgIpc) is 3.76. The second-order valence-corrected chi connectivity index (χ2v) is 20.4. The van der Waals surface area contributed by atoms with Gasteiger partial charge in [-0.2, -0.15) is 0 Å². The minimum atomic E-state index is -1.14. The van der Waals surface area contributed by atoms with Gasteiger partial charge >= 0.3 is 5.97 Å². The number of allylic oxidation sites excluding steroid dienone is 2. The number of pyridine rings is 1. The van der Waals surface area contributed by atoms with Crippen molar-refractivity contribution >= 4 is 61.9 Å². The largest absolute Gasteiger partial charge is 0.476 e. The van der Waals surface area contributed by atoms with Crippen LogP contribution in [0.15, 0.2) is 36.0 Å². The fraction of sp³-hybridized carbons (Fsp3) is 0.574. The highest BCUT2D eigenvalue weighted by Crippen LogP contribution is 2.91. The van der Waals surface area contributed by atoms with Gasteiger partial charge < -0.3 is 40.8 Å². The zero-order valence-corrected chi connectivity index (χ0v) is 37.3. The molecule has 4 aromatic rings. The lowest BCUT2D eigenvalue weighted by Gasteiger charge is -2.83. The number of nitrogens with one attached hydrogen (secondary N) is 3. The molecule has 14 heteroatoms. The van der Waals surface area contributed by atoms with Crippen molar-refractivity contribution in [3.05, 3.63) is 64.0 Å². The number of benzene rings is 1. The number of aliphatic hydroxyl groups is 1. The smallest absolute Gasteiger partial charge is 0.355 e.